The second kappa shape index (κ2) is 31.1. The minimum atomic E-state index is -0.730. The lowest BCUT2D eigenvalue weighted by Gasteiger charge is -2.33. The molecule has 2 heterocycles. The highest BCUT2D eigenvalue weighted by atomic mass is 35.5. The standard InChI is InChI=1S/C50H64Cl4N6O8S2/c1-59-31-43(41-27-37(51)29-47(53)45(41)33-59)35-5-3-7-39(25-35)69-57-11-15-65-19-23-67-21-17-63-13-9-55-49(61)50(62)56-10-14-64-18-22-68-24-20-66-16-12-58-70-40-8-4-6-36(26-40)44-32-60(2)34-46-42(44)28-38(52)30-48(46)54/h3-8,25-30,43-44,57-58H,9-24,31-34H2,1-2H3,(H,55,61)(H,56,62). The maximum absolute atomic E-state index is 12.1. The Morgan fingerprint density at radius 1 is 0.514 bits per heavy atom. The Morgan fingerprint density at radius 2 is 0.871 bits per heavy atom. The third-order valence-electron chi connectivity index (χ3n) is 11.3. The Morgan fingerprint density at radius 3 is 1.26 bits per heavy atom. The molecule has 2 aliphatic heterocycles. The second-order valence-corrected chi connectivity index (χ2v) is 20.3. The van der Waals surface area contributed by atoms with Crippen LogP contribution in [0.25, 0.3) is 0 Å². The molecule has 4 N–H and O–H groups in total. The van der Waals surface area contributed by atoms with E-state index >= 15 is 0 Å². The largest absolute Gasteiger partial charge is 0.378 e. The molecule has 0 aliphatic carbocycles. The topological polar surface area (TPSA) is 144 Å². The van der Waals surface area contributed by atoms with E-state index in [4.69, 9.17) is 74.8 Å². The average molecular weight is 1080 g/mol. The van der Waals surface area contributed by atoms with Crippen LogP contribution < -0.4 is 20.1 Å². The molecular formula is C50H64Cl4N6O8S2. The molecule has 4 aromatic carbocycles. The highest BCUT2D eigenvalue weighted by Gasteiger charge is 2.29. The highest BCUT2D eigenvalue weighted by molar-refractivity contribution is 7.97. The van der Waals surface area contributed by atoms with E-state index in [-0.39, 0.29) is 38.1 Å². The predicted molar refractivity (Wildman–Crippen MR) is 281 cm³/mol. The van der Waals surface area contributed by atoms with Crippen molar-refractivity contribution in [1.29, 1.82) is 0 Å². The molecule has 0 fully saturated rings. The molecule has 0 bridgehead atoms. The number of fused-ring (bicyclic) bond motifs is 2. The summed E-state index contributed by atoms with van der Waals surface area (Å²) < 4.78 is 40.2. The van der Waals surface area contributed by atoms with Crippen LogP contribution in [0, 0.1) is 0 Å². The van der Waals surface area contributed by atoms with E-state index < -0.39 is 11.8 Å². The first-order chi connectivity index (χ1) is 34.0. The molecule has 2 aliphatic rings. The SMILES string of the molecule is CN1Cc2c(Cl)cc(Cl)cc2C(c2cccc(SNCCOCCOCCOCCNC(=O)C(=O)NCCOCCOCCOCCNSc3cccc(C4CN(C)Cc5c(Cl)cc(Cl)cc54)c3)c2)C1. The monoisotopic (exact) mass is 1080 g/mol. The number of carbonyl (C=O) groups excluding carboxylic acids is 2. The predicted octanol–water partition coefficient (Wildman–Crippen LogP) is 7.68. The first-order valence-corrected chi connectivity index (χ1v) is 26.5. The molecule has 20 heteroatoms. The number of halogens is 4. The van der Waals surface area contributed by atoms with Gasteiger partial charge in [-0.2, -0.15) is 0 Å². The minimum Gasteiger partial charge on any atom is -0.378 e. The van der Waals surface area contributed by atoms with Crippen LogP contribution in [0.5, 0.6) is 0 Å². The summed E-state index contributed by atoms with van der Waals surface area (Å²) in [6.07, 6.45) is 0. The molecule has 0 saturated heterocycles. The number of hydrogen-bond donors (Lipinski definition) is 4. The van der Waals surface area contributed by atoms with Gasteiger partial charge in [-0.25, -0.2) is 0 Å². The molecule has 0 radical (unpaired) electrons. The molecule has 70 heavy (non-hydrogen) atoms. The highest BCUT2D eigenvalue weighted by Crippen LogP contribution is 2.40. The number of likely N-dealkylation sites (N-methyl/N-ethyl adjacent to an activating group) is 2. The van der Waals surface area contributed by atoms with E-state index in [1.165, 1.54) is 22.3 Å². The molecule has 0 spiro atoms. The van der Waals surface area contributed by atoms with Crippen molar-refractivity contribution in [3.8, 4) is 0 Å². The van der Waals surface area contributed by atoms with Crippen molar-refractivity contribution in [2.75, 3.05) is 133 Å². The van der Waals surface area contributed by atoms with Gasteiger partial charge in [0.2, 0.25) is 0 Å². The molecule has 2 atom stereocenters. The van der Waals surface area contributed by atoms with Crippen molar-refractivity contribution in [1.82, 2.24) is 29.9 Å². The van der Waals surface area contributed by atoms with Crippen molar-refractivity contribution in [2.45, 2.75) is 34.7 Å². The van der Waals surface area contributed by atoms with Gasteiger partial charge in [-0.15, -0.1) is 0 Å². The summed E-state index contributed by atoms with van der Waals surface area (Å²) in [6.45, 7) is 10.0. The zero-order chi connectivity index (χ0) is 49.5. The summed E-state index contributed by atoms with van der Waals surface area (Å²) in [4.78, 5) is 31.0. The lowest BCUT2D eigenvalue weighted by molar-refractivity contribution is -0.139. The maximum Gasteiger partial charge on any atom is 0.309 e. The van der Waals surface area contributed by atoms with Gasteiger partial charge in [-0.3, -0.25) is 19.0 Å². The Hall–Kier alpha value is -2.72. The van der Waals surface area contributed by atoms with Crippen molar-refractivity contribution in [3.05, 3.63) is 126 Å². The smallest absolute Gasteiger partial charge is 0.309 e. The third-order valence-corrected chi connectivity index (χ3v) is 14.1. The van der Waals surface area contributed by atoms with Crippen molar-refractivity contribution >= 4 is 82.1 Å². The summed E-state index contributed by atoms with van der Waals surface area (Å²) in [7, 11) is 4.22. The fraction of sp³-hybridized carbons (Fsp3) is 0.480. The van der Waals surface area contributed by atoms with Gasteiger partial charge in [0.1, 0.15) is 0 Å². The Bertz CT molecular complexity index is 2120. The van der Waals surface area contributed by atoms with Crippen LogP contribution in [0.4, 0.5) is 0 Å². The van der Waals surface area contributed by atoms with Gasteiger partial charge in [-0.1, -0.05) is 70.7 Å². The van der Waals surface area contributed by atoms with Gasteiger partial charge in [0, 0.05) is 94.1 Å². The molecule has 4 aromatic rings. The van der Waals surface area contributed by atoms with Crippen LogP contribution in [0.15, 0.2) is 82.6 Å². The summed E-state index contributed by atoms with van der Waals surface area (Å²) in [5, 5.41) is 7.83. The number of amides is 2. The Labute approximate surface area is 441 Å². The quantitative estimate of drug-likeness (QED) is 0.0230. The zero-order valence-electron chi connectivity index (χ0n) is 39.7. The molecule has 0 aromatic heterocycles. The van der Waals surface area contributed by atoms with Crippen LogP contribution in [0.3, 0.4) is 0 Å². The zero-order valence-corrected chi connectivity index (χ0v) is 44.4. The van der Waals surface area contributed by atoms with E-state index in [1.807, 2.05) is 24.3 Å². The van der Waals surface area contributed by atoms with Gasteiger partial charge >= 0.3 is 11.8 Å². The number of nitrogens with zero attached hydrogens (tertiary/aromatic N) is 2. The van der Waals surface area contributed by atoms with Gasteiger partial charge in [0.25, 0.3) is 0 Å². The summed E-state index contributed by atoms with van der Waals surface area (Å²) >= 11 is 29.0. The van der Waals surface area contributed by atoms with E-state index in [2.05, 4.69) is 92.5 Å². The van der Waals surface area contributed by atoms with Crippen LogP contribution in [-0.4, -0.2) is 154 Å². The van der Waals surface area contributed by atoms with Crippen molar-refractivity contribution < 1.29 is 38.0 Å². The Kier molecular flexibility index (Phi) is 25.1. The number of hydrogen-bond acceptors (Lipinski definition) is 14. The van der Waals surface area contributed by atoms with E-state index in [0.717, 1.165) is 47.1 Å². The van der Waals surface area contributed by atoms with Gasteiger partial charge in [-0.05, 0) is 120 Å². The summed E-state index contributed by atoms with van der Waals surface area (Å²) in [5.74, 6) is -1.08. The van der Waals surface area contributed by atoms with Gasteiger partial charge < -0.3 is 48.9 Å². The Balaban J connectivity index is 0.675. The molecule has 0 saturated carbocycles. The lowest BCUT2D eigenvalue weighted by Crippen LogP contribution is -2.42. The second-order valence-electron chi connectivity index (χ2n) is 16.7. The molecule has 14 nitrogen and oxygen atoms in total. The third kappa shape index (κ3) is 19.0. The molecule has 6 rings (SSSR count). The van der Waals surface area contributed by atoms with Gasteiger partial charge in [0.05, 0.1) is 79.3 Å². The number of nitrogens with one attached hydrogen (secondary N) is 4. The first-order valence-electron chi connectivity index (χ1n) is 23.4. The van der Waals surface area contributed by atoms with E-state index in [1.54, 1.807) is 23.9 Å². The van der Waals surface area contributed by atoms with E-state index in [0.29, 0.717) is 99.2 Å². The van der Waals surface area contributed by atoms with Gasteiger partial charge in [0.15, 0.2) is 0 Å². The number of carbonyl (C=O) groups is 2. The molecule has 382 valence electrons. The average Bonchev–Trinajstić information content (AvgIpc) is 3.34. The fourth-order valence-electron chi connectivity index (χ4n) is 8.06. The lowest BCUT2D eigenvalue weighted by atomic mass is 9.85. The fourth-order valence-corrected chi connectivity index (χ4v) is 10.6. The van der Waals surface area contributed by atoms with Crippen LogP contribution in [-0.2, 0) is 51.1 Å². The number of rotatable bonds is 30. The molecular weight excluding hydrogens is 1020 g/mol. The van der Waals surface area contributed by atoms with Crippen molar-refractivity contribution in [3.63, 3.8) is 0 Å². The van der Waals surface area contributed by atoms with Crippen LogP contribution in [0.1, 0.15) is 45.2 Å². The minimum absolute atomic E-state index is 0.188. The summed E-state index contributed by atoms with van der Waals surface area (Å²) in [6, 6.07) is 24.8. The number of ether oxygens (including phenoxy) is 6. The molecule has 2 amide bonds. The summed E-state index contributed by atoms with van der Waals surface area (Å²) in [5.41, 5.74) is 7.11. The van der Waals surface area contributed by atoms with Crippen LogP contribution >= 0.6 is 70.3 Å². The van der Waals surface area contributed by atoms with Crippen molar-refractivity contribution in [2.24, 2.45) is 0 Å². The van der Waals surface area contributed by atoms with E-state index in [9.17, 15) is 9.59 Å². The normalized spacial score (nSPS) is 16.0. The van der Waals surface area contributed by atoms with Crippen LogP contribution in [0.2, 0.25) is 20.1 Å². The number of benzene rings is 4. The first kappa shape index (κ1) is 56.6. The molecule has 2 unspecified atom stereocenters. The maximum atomic E-state index is 12.1.